The number of benzene rings is 1. The van der Waals surface area contributed by atoms with Crippen molar-refractivity contribution in [2.24, 2.45) is 5.92 Å². The van der Waals surface area contributed by atoms with E-state index in [4.69, 9.17) is 0 Å². The molecule has 0 saturated heterocycles. The van der Waals surface area contributed by atoms with E-state index in [0.717, 1.165) is 12.1 Å². The van der Waals surface area contributed by atoms with Crippen molar-refractivity contribution < 1.29 is 18.3 Å². The molecular formula is C14H20F3NO. The molecule has 1 aromatic carbocycles. The Kier molecular flexibility index (Phi) is 4.98. The zero-order chi connectivity index (χ0) is 14.7. The first-order chi connectivity index (χ1) is 8.63. The maximum absolute atomic E-state index is 12.5. The van der Waals surface area contributed by atoms with E-state index in [1.165, 1.54) is 6.07 Å². The van der Waals surface area contributed by atoms with Gasteiger partial charge in [0.25, 0.3) is 0 Å². The lowest BCUT2D eigenvalue weighted by atomic mass is 9.92. The van der Waals surface area contributed by atoms with Gasteiger partial charge in [-0.1, -0.05) is 32.0 Å². The Labute approximate surface area is 111 Å². The lowest BCUT2D eigenvalue weighted by Gasteiger charge is -2.28. The Morgan fingerprint density at radius 3 is 2.42 bits per heavy atom. The van der Waals surface area contributed by atoms with Crippen LogP contribution in [0, 0.1) is 5.92 Å². The van der Waals surface area contributed by atoms with Gasteiger partial charge in [-0.2, -0.15) is 13.2 Å². The third-order valence-corrected chi connectivity index (χ3v) is 3.31. The van der Waals surface area contributed by atoms with Crippen LogP contribution in [-0.4, -0.2) is 17.3 Å². The molecule has 0 aliphatic heterocycles. The molecule has 0 aliphatic carbocycles. The quantitative estimate of drug-likeness (QED) is 0.865. The number of hydrogen-bond donors (Lipinski definition) is 2. The predicted octanol–water partition coefficient (Wildman–Crippen LogP) is 3.20. The molecule has 1 rings (SSSR count). The van der Waals surface area contributed by atoms with Gasteiger partial charge in [-0.15, -0.1) is 0 Å². The minimum atomic E-state index is -4.32. The van der Waals surface area contributed by atoms with Crippen LogP contribution < -0.4 is 5.32 Å². The van der Waals surface area contributed by atoms with Crippen LogP contribution in [0.2, 0.25) is 0 Å². The standard InChI is InChI=1S/C14H20F3NO/c1-10(2)13(3,19)9-18-8-11-5-4-6-12(7-11)14(15,16)17/h4-7,10,18-19H,8-9H2,1-3H3. The number of hydrogen-bond acceptors (Lipinski definition) is 2. The summed E-state index contributed by atoms with van der Waals surface area (Å²) in [6.07, 6.45) is -4.32. The van der Waals surface area contributed by atoms with Gasteiger partial charge >= 0.3 is 6.18 Å². The fourth-order valence-electron chi connectivity index (χ4n) is 1.52. The van der Waals surface area contributed by atoms with E-state index >= 15 is 0 Å². The number of alkyl halides is 3. The topological polar surface area (TPSA) is 32.3 Å². The maximum atomic E-state index is 12.5. The smallest absolute Gasteiger partial charge is 0.389 e. The van der Waals surface area contributed by atoms with Gasteiger partial charge in [0.15, 0.2) is 0 Å². The van der Waals surface area contributed by atoms with Crippen molar-refractivity contribution in [3.05, 3.63) is 35.4 Å². The highest BCUT2D eigenvalue weighted by Gasteiger charge is 2.30. The first-order valence-electron chi connectivity index (χ1n) is 6.22. The van der Waals surface area contributed by atoms with E-state index in [1.54, 1.807) is 13.0 Å². The first-order valence-corrected chi connectivity index (χ1v) is 6.22. The minimum absolute atomic E-state index is 0.0708. The fourth-order valence-corrected chi connectivity index (χ4v) is 1.52. The summed E-state index contributed by atoms with van der Waals surface area (Å²) in [5.74, 6) is 0.0708. The van der Waals surface area contributed by atoms with Crippen molar-refractivity contribution in [3.63, 3.8) is 0 Å². The molecule has 0 aromatic heterocycles. The van der Waals surface area contributed by atoms with Crippen molar-refractivity contribution in [2.75, 3.05) is 6.54 Å². The summed E-state index contributed by atoms with van der Waals surface area (Å²) in [5, 5.41) is 13.0. The van der Waals surface area contributed by atoms with Crippen molar-refractivity contribution in [1.29, 1.82) is 0 Å². The molecule has 1 atom stereocenters. The number of aliphatic hydroxyl groups is 1. The number of nitrogens with one attached hydrogen (secondary N) is 1. The van der Waals surface area contributed by atoms with Crippen LogP contribution in [0.1, 0.15) is 31.9 Å². The van der Waals surface area contributed by atoms with E-state index < -0.39 is 17.3 Å². The van der Waals surface area contributed by atoms with Crippen molar-refractivity contribution in [3.8, 4) is 0 Å². The van der Waals surface area contributed by atoms with Gasteiger partial charge in [0.2, 0.25) is 0 Å². The van der Waals surface area contributed by atoms with Crippen LogP contribution in [0.15, 0.2) is 24.3 Å². The molecule has 0 bridgehead atoms. The Morgan fingerprint density at radius 2 is 1.89 bits per heavy atom. The summed E-state index contributed by atoms with van der Waals surface area (Å²) >= 11 is 0. The molecule has 0 radical (unpaired) electrons. The molecule has 0 saturated carbocycles. The summed E-state index contributed by atoms with van der Waals surface area (Å²) < 4.78 is 37.6. The summed E-state index contributed by atoms with van der Waals surface area (Å²) in [6.45, 7) is 6.13. The minimum Gasteiger partial charge on any atom is -0.389 e. The molecule has 0 aliphatic rings. The second kappa shape index (κ2) is 5.92. The van der Waals surface area contributed by atoms with Crippen molar-refractivity contribution >= 4 is 0 Å². The van der Waals surface area contributed by atoms with Gasteiger partial charge < -0.3 is 10.4 Å². The van der Waals surface area contributed by atoms with Gasteiger partial charge in [0, 0.05) is 13.1 Å². The zero-order valence-electron chi connectivity index (χ0n) is 11.4. The van der Waals surface area contributed by atoms with Gasteiger partial charge in [-0.3, -0.25) is 0 Å². The average Bonchev–Trinajstić information content (AvgIpc) is 2.28. The Bertz CT molecular complexity index is 413. The third-order valence-electron chi connectivity index (χ3n) is 3.31. The van der Waals surface area contributed by atoms with Gasteiger partial charge in [0.1, 0.15) is 0 Å². The molecule has 0 heterocycles. The summed E-state index contributed by atoms with van der Waals surface area (Å²) in [7, 11) is 0. The normalized spacial score (nSPS) is 15.6. The zero-order valence-corrected chi connectivity index (χ0v) is 11.4. The van der Waals surface area contributed by atoms with Crippen LogP contribution in [-0.2, 0) is 12.7 Å². The average molecular weight is 275 g/mol. The highest BCUT2D eigenvalue weighted by Crippen LogP contribution is 2.29. The van der Waals surface area contributed by atoms with E-state index in [2.05, 4.69) is 5.32 Å². The summed E-state index contributed by atoms with van der Waals surface area (Å²) in [5.41, 5.74) is -0.974. The molecule has 19 heavy (non-hydrogen) atoms. The highest BCUT2D eigenvalue weighted by molar-refractivity contribution is 5.25. The maximum Gasteiger partial charge on any atom is 0.416 e. The Hall–Kier alpha value is -1.07. The van der Waals surface area contributed by atoms with Crippen LogP contribution in [0.3, 0.4) is 0 Å². The molecule has 5 heteroatoms. The molecule has 0 fully saturated rings. The molecule has 0 amide bonds. The molecule has 1 unspecified atom stereocenters. The van der Waals surface area contributed by atoms with Crippen LogP contribution in [0.25, 0.3) is 0 Å². The Balaban J connectivity index is 2.60. The van der Waals surface area contributed by atoms with Gasteiger partial charge in [0.05, 0.1) is 11.2 Å². The van der Waals surface area contributed by atoms with Crippen molar-refractivity contribution in [2.45, 2.75) is 39.1 Å². The number of halogens is 3. The SMILES string of the molecule is CC(C)C(C)(O)CNCc1cccc(C(F)(F)F)c1. The van der Waals surface area contributed by atoms with Crippen molar-refractivity contribution in [1.82, 2.24) is 5.32 Å². The third kappa shape index (κ3) is 4.84. The van der Waals surface area contributed by atoms with Crippen LogP contribution >= 0.6 is 0 Å². The van der Waals surface area contributed by atoms with E-state index in [1.807, 2.05) is 13.8 Å². The highest BCUT2D eigenvalue weighted by atomic mass is 19.4. The van der Waals surface area contributed by atoms with Crippen LogP contribution in [0.5, 0.6) is 0 Å². The summed E-state index contributed by atoms with van der Waals surface area (Å²) in [4.78, 5) is 0. The summed E-state index contributed by atoms with van der Waals surface area (Å²) in [6, 6.07) is 5.19. The second-order valence-corrected chi connectivity index (χ2v) is 5.31. The lowest BCUT2D eigenvalue weighted by molar-refractivity contribution is -0.137. The second-order valence-electron chi connectivity index (χ2n) is 5.31. The molecule has 2 N–H and O–H groups in total. The monoisotopic (exact) mass is 275 g/mol. The van der Waals surface area contributed by atoms with E-state index in [9.17, 15) is 18.3 Å². The lowest BCUT2D eigenvalue weighted by Crippen LogP contribution is -2.41. The van der Waals surface area contributed by atoms with Gasteiger partial charge in [-0.25, -0.2) is 0 Å². The first kappa shape index (κ1) is 16.0. The largest absolute Gasteiger partial charge is 0.416 e. The molecule has 1 aromatic rings. The van der Waals surface area contributed by atoms with Gasteiger partial charge in [-0.05, 0) is 24.5 Å². The Morgan fingerprint density at radius 1 is 1.26 bits per heavy atom. The molecular weight excluding hydrogens is 255 g/mol. The van der Waals surface area contributed by atoms with E-state index in [0.29, 0.717) is 18.7 Å². The molecule has 2 nitrogen and oxygen atoms in total. The molecule has 0 spiro atoms. The molecule has 108 valence electrons. The number of rotatable bonds is 5. The predicted molar refractivity (Wildman–Crippen MR) is 68.6 cm³/mol. The van der Waals surface area contributed by atoms with E-state index in [-0.39, 0.29) is 5.92 Å². The van der Waals surface area contributed by atoms with Crippen LogP contribution in [0.4, 0.5) is 13.2 Å². The fraction of sp³-hybridized carbons (Fsp3) is 0.571.